The fourth-order valence-corrected chi connectivity index (χ4v) is 2.97. The lowest BCUT2D eigenvalue weighted by atomic mass is 10.1. The highest BCUT2D eigenvalue weighted by Gasteiger charge is 2.26. The number of sulfonamides is 1. The molecule has 0 saturated carbocycles. The molecule has 1 rings (SSSR count). The molecule has 0 spiro atoms. The predicted molar refractivity (Wildman–Crippen MR) is 71.6 cm³/mol. The standard InChI is InChI=1S/C12H22N2O3S/c1-4-6-10(2)12(15)13-11-7-5-8-14(9-11)18(3,16)17/h6,11H,4-5,7-9H2,1-3H3,(H,13,15). The third-order valence-electron chi connectivity index (χ3n) is 3.06. The number of hydrogen-bond donors (Lipinski definition) is 1. The van der Waals surface area contributed by atoms with E-state index in [0.29, 0.717) is 18.7 Å². The minimum Gasteiger partial charge on any atom is -0.348 e. The van der Waals surface area contributed by atoms with E-state index in [0.717, 1.165) is 19.3 Å². The van der Waals surface area contributed by atoms with Gasteiger partial charge < -0.3 is 5.32 Å². The largest absolute Gasteiger partial charge is 0.348 e. The summed E-state index contributed by atoms with van der Waals surface area (Å²) in [6, 6.07) is -0.0822. The summed E-state index contributed by atoms with van der Waals surface area (Å²) in [4.78, 5) is 11.8. The van der Waals surface area contributed by atoms with Gasteiger partial charge in [-0.25, -0.2) is 12.7 Å². The maximum Gasteiger partial charge on any atom is 0.246 e. The van der Waals surface area contributed by atoms with Crippen LogP contribution in [0, 0.1) is 0 Å². The second-order valence-corrected chi connectivity index (χ2v) is 6.71. The van der Waals surface area contributed by atoms with Gasteiger partial charge >= 0.3 is 0 Å². The van der Waals surface area contributed by atoms with E-state index in [1.54, 1.807) is 6.92 Å². The molecule has 1 fully saturated rings. The van der Waals surface area contributed by atoms with E-state index in [1.165, 1.54) is 10.6 Å². The average Bonchev–Trinajstić information content (AvgIpc) is 2.28. The van der Waals surface area contributed by atoms with E-state index >= 15 is 0 Å². The molecule has 0 radical (unpaired) electrons. The van der Waals surface area contributed by atoms with Crippen molar-refractivity contribution in [1.82, 2.24) is 9.62 Å². The lowest BCUT2D eigenvalue weighted by Crippen LogP contribution is -2.49. The number of amides is 1. The Labute approximate surface area is 109 Å². The molecule has 0 aromatic carbocycles. The lowest BCUT2D eigenvalue weighted by Gasteiger charge is -2.31. The Morgan fingerprint density at radius 1 is 1.50 bits per heavy atom. The van der Waals surface area contributed by atoms with Gasteiger partial charge in [0.1, 0.15) is 0 Å². The van der Waals surface area contributed by atoms with Crippen molar-refractivity contribution in [2.24, 2.45) is 0 Å². The number of rotatable bonds is 4. The predicted octanol–water partition coefficient (Wildman–Crippen LogP) is 0.883. The van der Waals surface area contributed by atoms with Crippen LogP contribution < -0.4 is 5.32 Å². The van der Waals surface area contributed by atoms with E-state index in [4.69, 9.17) is 0 Å². The van der Waals surface area contributed by atoms with E-state index in [1.807, 2.05) is 13.0 Å². The Balaban J connectivity index is 2.58. The summed E-state index contributed by atoms with van der Waals surface area (Å²) in [7, 11) is -3.16. The summed E-state index contributed by atoms with van der Waals surface area (Å²) >= 11 is 0. The van der Waals surface area contributed by atoms with Crippen LogP contribution in [0.3, 0.4) is 0 Å². The molecule has 5 nitrogen and oxygen atoms in total. The zero-order valence-corrected chi connectivity index (χ0v) is 12.1. The van der Waals surface area contributed by atoms with Crippen molar-refractivity contribution in [2.75, 3.05) is 19.3 Å². The molecule has 1 atom stereocenters. The molecule has 0 bridgehead atoms. The normalized spacial score (nSPS) is 22.8. The van der Waals surface area contributed by atoms with Crippen LogP contribution in [0.5, 0.6) is 0 Å². The number of carbonyl (C=O) groups is 1. The van der Waals surface area contributed by atoms with Gasteiger partial charge in [0, 0.05) is 24.7 Å². The van der Waals surface area contributed by atoms with Gasteiger partial charge in [0.05, 0.1) is 6.26 Å². The molecule has 104 valence electrons. The number of hydrogen-bond acceptors (Lipinski definition) is 3. The molecule has 6 heteroatoms. The maximum absolute atomic E-state index is 11.8. The van der Waals surface area contributed by atoms with Crippen LogP contribution in [-0.2, 0) is 14.8 Å². The third kappa shape index (κ3) is 4.42. The van der Waals surface area contributed by atoms with E-state index in [2.05, 4.69) is 5.32 Å². The van der Waals surface area contributed by atoms with Crippen LogP contribution >= 0.6 is 0 Å². The van der Waals surface area contributed by atoms with Crippen LogP contribution in [0.4, 0.5) is 0 Å². The summed E-state index contributed by atoms with van der Waals surface area (Å²) in [5.41, 5.74) is 0.689. The Kier molecular flexibility index (Phi) is 5.34. The molecule has 0 aromatic heterocycles. The van der Waals surface area contributed by atoms with E-state index in [-0.39, 0.29) is 11.9 Å². The second kappa shape index (κ2) is 6.33. The van der Waals surface area contributed by atoms with Crippen molar-refractivity contribution >= 4 is 15.9 Å². The molecule has 18 heavy (non-hydrogen) atoms. The molecule has 1 unspecified atom stereocenters. The molecule has 0 aromatic rings. The van der Waals surface area contributed by atoms with Crippen LogP contribution in [0.15, 0.2) is 11.6 Å². The summed E-state index contributed by atoms with van der Waals surface area (Å²) in [6.07, 6.45) is 5.51. The van der Waals surface area contributed by atoms with Crippen molar-refractivity contribution in [3.05, 3.63) is 11.6 Å². The smallest absolute Gasteiger partial charge is 0.246 e. The average molecular weight is 274 g/mol. The zero-order valence-electron chi connectivity index (χ0n) is 11.3. The monoisotopic (exact) mass is 274 g/mol. The first-order chi connectivity index (χ1) is 8.34. The van der Waals surface area contributed by atoms with E-state index < -0.39 is 10.0 Å². The number of carbonyl (C=O) groups excluding carboxylic acids is 1. The second-order valence-electron chi connectivity index (χ2n) is 4.73. The van der Waals surface area contributed by atoms with Gasteiger partial charge in [-0.1, -0.05) is 13.0 Å². The first-order valence-corrected chi connectivity index (χ1v) is 8.12. The summed E-state index contributed by atoms with van der Waals surface area (Å²) in [5.74, 6) is -0.0998. The quantitative estimate of drug-likeness (QED) is 0.774. The Morgan fingerprint density at radius 3 is 2.72 bits per heavy atom. The minimum absolute atomic E-state index is 0.0822. The molecule has 1 N–H and O–H groups in total. The van der Waals surface area contributed by atoms with Gasteiger partial charge in [0.15, 0.2) is 0 Å². The Morgan fingerprint density at radius 2 is 2.17 bits per heavy atom. The van der Waals surface area contributed by atoms with Crippen LogP contribution in [0.1, 0.15) is 33.1 Å². The number of allylic oxidation sites excluding steroid dienone is 1. The summed E-state index contributed by atoms with van der Waals surface area (Å²) in [6.45, 7) is 4.68. The van der Waals surface area contributed by atoms with Crippen molar-refractivity contribution in [3.8, 4) is 0 Å². The fraction of sp³-hybridized carbons (Fsp3) is 0.750. The highest BCUT2D eigenvalue weighted by molar-refractivity contribution is 7.88. The van der Waals surface area contributed by atoms with Gasteiger partial charge in [-0.15, -0.1) is 0 Å². The molecule has 0 aliphatic carbocycles. The van der Waals surface area contributed by atoms with Crippen LogP contribution in [-0.4, -0.2) is 44.0 Å². The van der Waals surface area contributed by atoms with Gasteiger partial charge in [-0.3, -0.25) is 4.79 Å². The molecule has 1 heterocycles. The third-order valence-corrected chi connectivity index (χ3v) is 4.33. The highest BCUT2D eigenvalue weighted by atomic mass is 32.2. The number of piperidine rings is 1. The highest BCUT2D eigenvalue weighted by Crippen LogP contribution is 2.13. The van der Waals surface area contributed by atoms with Crippen molar-refractivity contribution in [1.29, 1.82) is 0 Å². The molecular formula is C12H22N2O3S. The molecule has 1 aliphatic rings. The van der Waals surface area contributed by atoms with Gasteiger partial charge in [-0.05, 0) is 26.2 Å². The summed E-state index contributed by atoms with van der Waals surface area (Å²) < 4.78 is 24.3. The van der Waals surface area contributed by atoms with Crippen molar-refractivity contribution in [2.45, 2.75) is 39.2 Å². The zero-order chi connectivity index (χ0) is 13.8. The fourth-order valence-electron chi connectivity index (χ4n) is 2.06. The molecule has 1 amide bonds. The number of nitrogens with zero attached hydrogens (tertiary/aromatic N) is 1. The Hall–Kier alpha value is -0.880. The molecule has 1 saturated heterocycles. The molecular weight excluding hydrogens is 252 g/mol. The van der Waals surface area contributed by atoms with E-state index in [9.17, 15) is 13.2 Å². The summed E-state index contributed by atoms with van der Waals surface area (Å²) in [5, 5.41) is 2.89. The van der Waals surface area contributed by atoms with Gasteiger partial charge in [-0.2, -0.15) is 0 Å². The van der Waals surface area contributed by atoms with Crippen LogP contribution in [0.2, 0.25) is 0 Å². The molecule has 1 aliphatic heterocycles. The Bertz CT molecular complexity index is 429. The van der Waals surface area contributed by atoms with Gasteiger partial charge in [0.2, 0.25) is 15.9 Å². The SMILES string of the molecule is CCC=C(C)C(=O)NC1CCCN(S(C)(=O)=O)C1. The number of nitrogens with one attached hydrogen (secondary N) is 1. The first kappa shape index (κ1) is 15.2. The first-order valence-electron chi connectivity index (χ1n) is 6.27. The van der Waals surface area contributed by atoms with Gasteiger partial charge in [0.25, 0.3) is 0 Å². The van der Waals surface area contributed by atoms with Crippen molar-refractivity contribution in [3.63, 3.8) is 0 Å². The maximum atomic E-state index is 11.8. The minimum atomic E-state index is -3.16. The lowest BCUT2D eigenvalue weighted by molar-refractivity contribution is -0.118. The topological polar surface area (TPSA) is 66.5 Å². The van der Waals surface area contributed by atoms with Crippen molar-refractivity contribution < 1.29 is 13.2 Å². The van der Waals surface area contributed by atoms with Crippen LogP contribution in [0.25, 0.3) is 0 Å².